The van der Waals surface area contributed by atoms with Crippen LogP contribution in [0.1, 0.15) is 26.7 Å². The summed E-state index contributed by atoms with van der Waals surface area (Å²) in [5.74, 6) is -0.180. The quantitative estimate of drug-likeness (QED) is 0.889. The summed E-state index contributed by atoms with van der Waals surface area (Å²) in [6.45, 7) is 3.86. The normalized spacial score (nSPS) is 17.3. The van der Waals surface area contributed by atoms with E-state index in [0.29, 0.717) is 24.2 Å². The maximum atomic E-state index is 12.3. The first-order valence-electron chi connectivity index (χ1n) is 6.27. The van der Waals surface area contributed by atoms with Gasteiger partial charge in [0.05, 0.1) is 16.3 Å². The van der Waals surface area contributed by atoms with Crippen molar-refractivity contribution in [3.05, 3.63) is 18.2 Å². The van der Waals surface area contributed by atoms with Gasteiger partial charge in [0.15, 0.2) is 9.84 Å². The summed E-state index contributed by atoms with van der Waals surface area (Å²) in [6, 6.07) is 4.96. The van der Waals surface area contributed by atoms with Gasteiger partial charge in [0.25, 0.3) is 0 Å². The largest absolute Gasteiger partial charge is 0.369 e. The summed E-state index contributed by atoms with van der Waals surface area (Å²) >= 11 is 0. The van der Waals surface area contributed by atoms with Crippen LogP contribution in [0.5, 0.6) is 0 Å². The van der Waals surface area contributed by atoms with E-state index in [0.717, 1.165) is 6.26 Å². The summed E-state index contributed by atoms with van der Waals surface area (Å²) in [5, 5.41) is 5.94. The zero-order chi connectivity index (χ0) is 14.3. The van der Waals surface area contributed by atoms with Crippen molar-refractivity contribution in [1.82, 2.24) is 0 Å². The first kappa shape index (κ1) is 13.9. The number of para-hydroxylation sites is 1. The molecule has 0 saturated heterocycles. The fraction of sp³-hybridized carbons (Fsp3) is 0.462. The zero-order valence-corrected chi connectivity index (χ0v) is 12.1. The van der Waals surface area contributed by atoms with E-state index in [9.17, 15) is 13.2 Å². The van der Waals surface area contributed by atoms with E-state index < -0.39 is 15.4 Å². The van der Waals surface area contributed by atoms with Crippen molar-refractivity contribution < 1.29 is 13.2 Å². The molecule has 2 rings (SSSR count). The van der Waals surface area contributed by atoms with Crippen LogP contribution >= 0.6 is 0 Å². The minimum atomic E-state index is -3.37. The number of sulfone groups is 1. The third-order valence-corrected chi connectivity index (χ3v) is 4.82. The first-order valence-corrected chi connectivity index (χ1v) is 8.16. The minimum Gasteiger partial charge on any atom is -0.369 e. The fourth-order valence-corrected chi connectivity index (χ4v) is 3.23. The summed E-state index contributed by atoms with van der Waals surface area (Å²) in [6.07, 6.45) is 2.41. The SMILES string of the molecule is CCC1(CC)Nc2cccc(S(C)(=O)=O)c2NC1=O. The summed E-state index contributed by atoms with van der Waals surface area (Å²) in [4.78, 5) is 12.4. The van der Waals surface area contributed by atoms with Crippen LogP contribution in [0.3, 0.4) is 0 Å². The lowest BCUT2D eigenvalue weighted by atomic mass is 9.89. The number of benzene rings is 1. The van der Waals surface area contributed by atoms with E-state index in [1.165, 1.54) is 6.07 Å². The number of carbonyl (C=O) groups excluding carboxylic acids is 1. The Balaban J connectivity index is 2.59. The molecule has 1 aliphatic rings. The van der Waals surface area contributed by atoms with Crippen molar-refractivity contribution in [1.29, 1.82) is 0 Å². The molecule has 0 bridgehead atoms. The Morgan fingerprint density at radius 2 is 1.84 bits per heavy atom. The van der Waals surface area contributed by atoms with Gasteiger partial charge in [0, 0.05) is 6.26 Å². The van der Waals surface area contributed by atoms with E-state index in [1.807, 2.05) is 13.8 Å². The minimum absolute atomic E-state index is 0.145. The number of fused-ring (bicyclic) bond motifs is 1. The summed E-state index contributed by atoms with van der Waals surface area (Å²) in [5.41, 5.74) is 0.349. The van der Waals surface area contributed by atoms with E-state index in [-0.39, 0.29) is 10.8 Å². The van der Waals surface area contributed by atoms with Crippen molar-refractivity contribution in [3.63, 3.8) is 0 Å². The van der Waals surface area contributed by atoms with Gasteiger partial charge in [-0.3, -0.25) is 4.79 Å². The van der Waals surface area contributed by atoms with Gasteiger partial charge in [-0.05, 0) is 25.0 Å². The highest BCUT2D eigenvalue weighted by molar-refractivity contribution is 7.90. The Kier molecular flexibility index (Phi) is 3.30. The Morgan fingerprint density at radius 1 is 1.21 bits per heavy atom. The molecular weight excluding hydrogens is 264 g/mol. The number of nitrogens with one attached hydrogen (secondary N) is 2. The predicted octanol–water partition coefficient (Wildman–Crippen LogP) is 2.01. The number of amides is 1. The van der Waals surface area contributed by atoms with E-state index in [2.05, 4.69) is 10.6 Å². The Bertz CT molecular complexity index is 619. The fourth-order valence-electron chi connectivity index (χ4n) is 2.37. The molecule has 0 saturated carbocycles. The molecular formula is C13H18N2O3S. The Morgan fingerprint density at radius 3 is 2.37 bits per heavy atom. The molecule has 1 aromatic rings. The molecule has 0 radical (unpaired) electrons. The van der Waals surface area contributed by atoms with Gasteiger partial charge in [0.1, 0.15) is 5.54 Å². The number of rotatable bonds is 3. The average Bonchev–Trinajstić information content (AvgIpc) is 2.36. The molecule has 0 spiro atoms. The Hall–Kier alpha value is -1.56. The van der Waals surface area contributed by atoms with Crippen molar-refractivity contribution in [2.75, 3.05) is 16.9 Å². The molecule has 5 nitrogen and oxygen atoms in total. The van der Waals surface area contributed by atoms with Crippen molar-refractivity contribution >= 4 is 27.1 Å². The molecule has 19 heavy (non-hydrogen) atoms. The molecule has 6 heteroatoms. The lowest BCUT2D eigenvalue weighted by molar-refractivity contribution is -0.120. The number of carbonyl (C=O) groups is 1. The molecule has 104 valence electrons. The lowest BCUT2D eigenvalue weighted by Crippen LogP contribution is -2.51. The number of hydrogen-bond acceptors (Lipinski definition) is 4. The molecule has 0 fully saturated rings. The molecule has 2 N–H and O–H groups in total. The van der Waals surface area contributed by atoms with Crippen LogP contribution in [0.15, 0.2) is 23.1 Å². The molecule has 0 aliphatic carbocycles. The molecule has 1 amide bonds. The van der Waals surface area contributed by atoms with Gasteiger partial charge >= 0.3 is 0 Å². The van der Waals surface area contributed by atoms with Crippen molar-refractivity contribution in [2.45, 2.75) is 37.1 Å². The van der Waals surface area contributed by atoms with E-state index in [1.54, 1.807) is 12.1 Å². The lowest BCUT2D eigenvalue weighted by Gasteiger charge is -2.38. The van der Waals surface area contributed by atoms with Crippen molar-refractivity contribution in [2.24, 2.45) is 0 Å². The van der Waals surface area contributed by atoms with E-state index in [4.69, 9.17) is 0 Å². The van der Waals surface area contributed by atoms with Crippen LogP contribution < -0.4 is 10.6 Å². The molecule has 0 unspecified atom stereocenters. The van der Waals surface area contributed by atoms with Crippen LogP contribution in [-0.2, 0) is 14.6 Å². The number of anilines is 2. The summed E-state index contributed by atoms with van der Waals surface area (Å²) < 4.78 is 23.5. The number of hydrogen-bond donors (Lipinski definition) is 2. The van der Waals surface area contributed by atoms with Gasteiger partial charge in [-0.25, -0.2) is 8.42 Å². The van der Waals surface area contributed by atoms with Gasteiger partial charge in [-0.2, -0.15) is 0 Å². The van der Waals surface area contributed by atoms with Gasteiger partial charge < -0.3 is 10.6 Å². The van der Waals surface area contributed by atoms with Crippen LogP contribution in [0.2, 0.25) is 0 Å². The standard InChI is InChI=1S/C13H18N2O3S/c1-4-13(5-2)12(16)14-11-9(15-13)7-6-8-10(11)19(3,17)18/h6-8,15H,4-5H2,1-3H3,(H,14,16). The highest BCUT2D eigenvalue weighted by Crippen LogP contribution is 2.38. The second-order valence-electron chi connectivity index (χ2n) is 4.82. The maximum absolute atomic E-state index is 12.3. The van der Waals surface area contributed by atoms with Gasteiger partial charge in [0.2, 0.25) is 5.91 Å². The molecule has 1 aromatic carbocycles. The third-order valence-electron chi connectivity index (χ3n) is 3.68. The highest BCUT2D eigenvalue weighted by Gasteiger charge is 2.40. The molecule has 0 aromatic heterocycles. The van der Waals surface area contributed by atoms with Gasteiger partial charge in [-0.1, -0.05) is 19.9 Å². The van der Waals surface area contributed by atoms with E-state index >= 15 is 0 Å². The second kappa shape index (κ2) is 4.52. The van der Waals surface area contributed by atoms with Crippen LogP contribution in [-0.4, -0.2) is 26.1 Å². The second-order valence-corrected chi connectivity index (χ2v) is 6.80. The molecule has 0 atom stereocenters. The maximum Gasteiger partial charge on any atom is 0.250 e. The smallest absolute Gasteiger partial charge is 0.250 e. The topological polar surface area (TPSA) is 75.3 Å². The zero-order valence-electron chi connectivity index (χ0n) is 11.3. The Labute approximate surface area is 113 Å². The van der Waals surface area contributed by atoms with Gasteiger partial charge in [-0.15, -0.1) is 0 Å². The third kappa shape index (κ3) is 2.20. The van der Waals surface area contributed by atoms with Crippen molar-refractivity contribution in [3.8, 4) is 0 Å². The van der Waals surface area contributed by atoms with Crippen LogP contribution in [0, 0.1) is 0 Å². The highest BCUT2D eigenvalue weighted by atomic mass is 32.2. The summed E-state index contributed by atoms with van der Waals surface area (Å²) in [7, 11) is -3.37. The first-order chi connectivity index (χ1) is 8.84. The van der Waals surface area contributed by atoms with Crippen LogP contribution in [0.4, 0.5) is 11.4 Å². The van der Waals surface area contributed by atoms with Crippen LogP contribution in [0.25, 0.3) is 0 Å². The molecule has 1 aliphatic heterocycles. The molecule has 1 heterocycles. The average molecular weight is 282 g/mol. The predicted molar refractivity (Wildman–Crippen MR) is 75.1 cm³/mol. The monoisotopic (exact) mass is 282 g/mol.